The summed E-state index contributed by atoms with van der Waals surface area (Å²) in [6.45, 7) is 9.39. The zero-order chi connectivity index (χ0) is 21.3. The molecule has 0 unspecified atom stereocenters. The van der Waals surface area contributed by atoms with Crippen LogP contribution in [0.25, 0.3) is 16.7 Å². The van der Waals surface area contributed by atoms with E-state index in [0.717, 1.165) is 28.0 Å². The van der Waals surface area contributed by atoms with Gasteiger partial charge in [-0.1, -0.05) is 13.8 Å². The average molecular weight is 406 g/mol. The predicted molar refractivity (Wildman–Crippen MR) is 116 cm³/mol. The zero-order valence-electron chi connectivity index (χ0n) is 17.7. The maximum absolute atomic E-state index is 12.5. The molecular weight excluding hydrogens is 380 g/mol. The van der Waals surface area contributed by atoms with Crippen LogP contribution in [0.4, 0.5) is 5.82 Å². The Kier molecular flexibility index (Phi) is 5.39. The van der Waals surface area contributed by atoms with Crippen LogP contribution < -0.4 is 10.6 Å². The second kappa shape index (κ2) is 8.14. The molecule has 8 heteroatoms. The van der Waals surface area contributed by atoms with Gasteiger partial charge in [-0.3, -0.25) is 4.79 Å². The van der Waals surface area contributed by atoms with Crippen molar-refractivity contribution in [3.8, 4) is 0 Å². The molecule has 8 nitrogen and oxygen atoms in total. The maximum atomic E-state index is 12.5. The number of hydrogen-bond donors (Lipinski definition) is 2. The van der Waals surface area contributed by atoms with Crippen molar-refractivity contribution < 1.29 is 9.21 Å². The van der Waals surface area contributed by atoms with Gasteiger partial charge >= 0.3 is 0 Å². The number of fused-ring (bicyclic) bond motifs is 2. The second-order valence-corrected chi connectivity index (χ2v) is 7.83. The van der Waals surface area contributed by atoms with Crippen molar-refractivity contribution in [3.63, 3.8) is 0 Å². The van der Waals surface area contributed by atoms with E-state index in [4.69, 9.17) is 4.42 Å². The Morgan fingerprint density at radius 3 is 2.83 bits per heavy atom. The molecule has 0 spiro atoms. The van der Waals surface area contributed by atoms with Crippen LogP contribution in [-0.2, 0) is 11.2 Å². The third-order valence-corrected chi connectivity index (χ3v) is 5.15. The van der Waals surface area contributed by atoms with E-state index in [1.165, 1.54) is 17.5 Å². The Morgan fingerprint density at radius 1 is 1.20 bits per heavy atom. The first-order valence-corrected chi connectivity index (χ1v) is 10.1. The third kappa shape index (κ3) is 3.98. The summed E-state index contributed by atoms with van der Waals surface area (Å²) in [4.78, 5) is 20.9. The summed E-state index contributed by atoms with van der Waals surface area (Å²) in [7, 11) is 0. The van der Waals surface area contributed by atoms with Crippen molar-refractivity contribution in [1.82, 2.24) is 24.9 Å². The van der Waals surface area contributed by atoms with E-state index >= 15 is 0 Å². The number of nitrogens with zero attached hydrogens (tertiary/aromatic N) is 4. The Bertz CT molecular complexity index is 1210. The number of nitrogens with one attached hydrogen (secondary N) is 2. The summed E-state index contributed by atoms with van der Waals surface area (Å²) >= 11 is 0. The largest absolute Gasteiger partial charge is 0.464 e. The van der Waals surface area contributed by atoms with Crippen molar-refractivity contribution in [1.29, 1.82) is 0 Å². The van der Waals surface area contributed by atoms with Gasteiger partial charge in [0.2, 0.25) is 5.91 Å². The summed E-state index contributed by atoms with van der Waals surface area (Å²) in [6, 6.07) is 6.10. The second-order valence-electron chi connectivity index (χ2n) is 7.83. The van der Waals surface area contributed by atoms with Gasteiger partial charge in [0.15, 0.2) is 0 Å². The number of hydrogen-bond acceptors (Lipinski definition) is 6. The number of benzene rings is 1. The minimum Gasteiger partial charge on any atom is -0.464 e. The Balaban J connectivity index is 1.36. The molecule has 1 amide bonds. The molecule has 0 saturated heterocycles. The van der Waals surface area contributed by atoms with Gasteiger partial charge in [0.05, 0.1) is 12.7 Å². The molecular formula is C22H26N6O2. The van der Waals surface area contributed by atoms with Crippen molar-refractivity contribution in [2.24, 2.45) is 0 Å². The predicted octanol–water partition coefficient (Wildman–Crippen LogP) is 3.38. The van der Waals surface area contributed by atoms with E-state index in [1.54, 1.807) is 10.8 Å². The molecule has 3 aromatic heterocycles. The molecule has 30 heavy (non-hydrogen) atoms. The molecule has 0 atom stereocenters. The number of anilines is 1. The molecule has 1 aromatic carbocycles. The van der Waals surface area contributed by atoms with E-state index < -0.39 is 0 Å². The summed E-state index contributed by atoms with van der Waals surface area (Å²) in [5.41, 5.74) is 5.08. The van der Waals surface area contributed by atoms with E-state index in [-0.39, 0.29) is 12.3 Å². The molecule has 4 aromatic rings. The highest BCUT2D eigenvalue weighted by Crippen LogP contribution is 2.29. The monoisotopic (exact) mass is 406 g/mol. The Labute approximate surface area is 174 Å². The number of amides is 1. The van der Waals surface area contributed by atoms with Gasteiger partial charge in [0.25, 0.3) is 5.78 Å². The molecule has 4 rings (SSSR count). The minimum absolute atomic E-state index is 0.0389. The lowest BCUT2D eigenvalue weighted by atomic mass is 9.95. The first kappa shape index (κ1) is 19.9. The zero-order valence-corrected chi connectivity index (χ0v) is 17.7. The van der Waals surface area contributed by atoms with Crippen molar-refractivity contribution in [3.05, 3.63) is 53.2 Å². The third-order valence-electron chi connectivity index (χ3n) is 5.15. The molecule has 0 saturated carbocycles. The smallest absolute Gasteiger partial charge is 0.254 e. The highest BCUT2D eigenvalue weighted by Gasteiger charge is 2.14. The molecule has 2 N–H and O–H groups in total. The Hall–Kier alpha value is -3.42. The standard InChI is InChI=1S/C22H26N6O2/c1-13(2)17-10-18-16(11-30-19(18)7-14(17)3)9-21(29)24-6-5-23-20-8-15(4)27-22-25-12-26-28(20)22/h7-8,10-13,23H,5-6,9H2,1-4H3,(H,24,29). The van der Waals surface area contributed by atoms with E-state index in [1.807, 2.05) is 13.0 Å². The summed E-state index contributed by atoms with van der Waals surface area (Å²) in [6.07, 6.45) is 3.44. The van der Waals surface area contributed by atoms with Gasteiger partial charge in [-0.15, -0.1) is 0 Å². The minimum atomic E-state index is -0.0389. The fraction of sp³-hybridized carbons (Fsp3) is 0.364. The normalized spacial score (nSPS) is 11.5. The van der Waals surface area contributed by atoms with Crippen LogP contribution in [0.15, 0.2) is 35.2 Å². The molecule has 0 bridgehead atoms. The molecule has 0 fully saturated rings. The van der Waals surface area contributed by atoms with E-state index in [9.17, 15) is 4.79 Å². The molecule has 3 heterocycles. The number of aryl methyl sites for hydroxylation is 2. The van der Waals surface area contributed by atoms with Crippen molar-refractivity contribution in [2.75, 3.05) is 18.4 Å². The molecule has 0 radical (unpaired) electrons. The number of carbonyl (C=O) groups excluding carboxylic acids is 1. The van der Waals surface area contributed by atoms with E-state index in [2.05, 4.69) is 58.6 Å². The first-order valence-electron chi connectivity index (χ1n) is 10.1. The molecule has 0 aliphatic carbocycles. The van der Waals surface area contributed by atoms with Gasteiger partial charge in [0.1, 0.15) is 17.7 Å². The number of carbonyl (C=O) groups is 1. The van der Waals surface area contributed by atoms with Crippen LogP contribution in [0.3, 0.4) is 0 Å². The van der Waals surface area contributed by atoms with Gasteiger partial charge in [-0.05, 0) is 43.0 Å². The quantitative estimate of drug-likeness (QED) is 0.457. The van der Waals surface area contributed by atoms with Gasteiger partial charge in [0, 0.05) is 35.8 Å². The van der Waals surface area contributed by atoms with Gasteiger partial charge in [-0.25, -0.2) is 4.98 Å². The van der Waals surface area contributed by atoms with Crippen LogP contribution in [0.1, 0.15) is 42.1 Å². The van der Waals surface area contributed by atoms with Gasteiger partial charge in [-0.2, -0.15) is 14.6 Å². The van der Waals surface area contributed by atoms with Crippen LogP contribution in [0, 0.1) is 13.8 Å². The first-order chi connectivity index (χ1) is 14.4. The summed E-state index contributed by atoms with van der Waals surface area (Å²) < 4.78 is 7.32. The number of furan rings is 1. The van der Waals surface area contributed by atoms with Crippen LogP contribution >= 0.6 is 0 Å². The van der Waals surface area contributed by atoms with Crippen LogP contribution in [0.2, 0.25) is 0 Å². The lowest BCUT2D eigenvalue weighted by Crippen LogP contribution is -2.30. The Morgan fingerprint density at radius 2 is 2.03 bits per heavy atom. The number of rotatable bonds is 7. The van der Waals surface area contributed by atoms with Gasteiger partial charge < -0.3 is 15.1 Å². The van der Waals surface area contributed by atoms with Crippen molar-refractivity contribution in [2.45, 2.75) is 40.0 Å². The number of aromatic nitrogens is 4. The highest BCUT2D eigenvalue weighted by atomic mass is 16.3. The summed E-state index contributed by atoms with van der Waals surface area (Å²) in [5.74, 6) is 1.72. The fourth-order valence-electron chi connectivity index (χ4n) is 3.69. The fourth-order valence-corrected chi connectivity index (χ4v) is 3.69. The van der Waals surface area contributed by atoms with Crippen LogP contribution in [-0.4, -0.2) is 38.6 Å². The van der Waals surface area contributed by atoms with Crippen LogP contribution in [0.5, 0.6) is 0 Å². The lowest BCUT2D eigenvalue weighted by molar-refractivity contribution is -0.120. The SMILES string of the molecule is Cc1cc(NCCNC(=O)Cc2coc3cc(C)c(C(C)C)cc23)n2ncnc2n1. The average Bonchev–Trinajstić information content (AvgIpc) is 3.31. The topological polar surface area (TPSA) is 97.3 Å². The molecule has 0 aliphatic rings. The van der Waals surface area contributed by atoms with E-state index in [0.29, 0.717) is 24.8 Å². The lowest BCUT2D eigenvalue weighted by Gasteiger charge is -2.10. The molecule has 0 aliphatic heterocycles. The maximum Gasteiger partial charge on any atom is 0.254 e. The summed E-state index contributed by atoms with van der Waals surface area (Å²) in [5, 5.41) is 11.4. The molecule has 156 valence electrons. The van der Waals surface area contributed by atoms with Crippen molar-refractivity contribution >= 4 is 28.5 Å². The highest BCUT2D eigenvalue weighted by molar-refractivity contribution is 5.88.